The predicted molar refractivity (Wildman–Crippen MR) is 158 cm³/mol. The molecule has 1 amide bonds. The van der Waals surface area contributed by atoms with E-state index in [0.29, 0.717) is 22.5 Å². The number of aromatic nitrogens is 2. The van der Waals surface area contributed by atoms with Crippen LogP contribution in [0.25, 0.3) is 11.1 Å². The van der Waals surface area contributed by atoms with E-state index in [-0.39, 0.29) is 28.4 Å². The van der Waals surface area contributed by atoms with Gasteiger partial charge in [-0.3, -0.25) is 4.79 Å². The van der Waals surface area contributed by atoms with Crippen molar-refractivity contribution in [3.63, 3.8) is 0 Å². The summed E-state index contributed by atoms with van der Waals surface area (Å²) in [7, 11) is 0. The standard InChI is InChI=1S/C32H27F2N5O7/c1-15-24(21-11-6-18(33)12-22(21)34)30-37-31(44)25(26(39(30)38-15)17-4-2-16(13-35)3-5-17)36-19-7-9-20(10-8-19)45-32-29(43)28(42)27(41)23(14-40)46-32/h2-12,23,26-29,32,40-43H,14H2,1H3,(H,37,44). The van der Waals surface area contributed by atoms with E-state index in [0.717, 1.165) is 12.1 Å². The lowest BCUT2D eigenvalue weighted by Crippen LogP contribution is -2.60. The Bertz CT molecular complexity index is 1850. The maximum Gasteiger partial charge on any atom is 0.273 e. The first kappa shape index (κ1) is 31.0. The molecular formula is C32H27F2N5O7. The van der Waals surface area contributed by atoms with Crippen LogP contribution in [0.3, 0.4) is 0 Å². The van der Waals surface area contributed by atoms with Gasteiger partial charge in [0.2, 0.25) is 6.29 Å². The predicted octanol–water partition coefficient (Wildman–Crippen LogP) is 2.50. The molecule has 1 saturated heterocycles. The first-order chi connectivity index (χ1) is 22.1. The number of nitrogens with one attached hydrogen (secondary N) is 1. The normalized spacial score (nSPS) is 25.1. The highest BCUT2D eigenvalue weighted by Gasteiger charge is 2.44. The topological polar surface area (TPSA) is 182 Å². The van der Waals surface area contributed by atoms with Gasteiger partial charge < -0.3 is 35.2 Å². The molecular weight excluding hydrogens is 604 g/mol. The van der Waals surface area contributed by atoms with Crippen LogP contribution < -0.4 is 10.1 Å². The van der Waals surface area contributed by atoms with E-state index in [1.807, 2.05) is 6.07 Å². The fraction of sp³-hybridized carbons (Fsp3) is 0.250. The molecule has 6 atom stereocenters. The van der Waals surface area contributed by atoms with E-state index in [1.165, 1.54) is 35.0 Å². The number of nitrogens with zero attached hydrogens (tertiary/aromatic N) is 4. The van der Waals surface area contributed by atoms with E-state index >= 15 is 0 Å². The van der Waals surface area contributed by atoms with Crippen LogP contribution in [-0.2, 0) is 9.53 Å². The highest BCUT2D eigenvalue weighted by atomic mass is 19.1. The molecule has 0 aliphatic carbocycles. The molecule has 1 aromatic heterocycles. The zero-order valence-electron chi connectivity index (χ0n) is 24.1. The fourth-order valence-electron chi connectivity index (χ4n) is 5.47. The summed E-state index contributed by atoms with van der Waals surface area (Å²) in [5, 5.41) is 56.4. The Kier molecular flexibility index (Phi) is 8.34. The second kappa shape index (κ2) is 12.4. The monoisotopic (exact) mass is 631 g/mol. The molecule has 2 aliphatic heterocycles. The Morgan fingerprint density at radius 2 is 1.76 bits per heavy atom. The molecule has 0 radical (unpaired) electrons. The molecule has 46 heavy (non-hydrogen) atoms. The number of rotatable bonds is 6. The van der Waals surface area contributed by atoms with E-state index in [1.54, 1.807) is 31.2 Å². The zero-order chi connectivity index (χ0) is 32.7. The van der Waals surface area contributed by atoms with Gasteiger partial charge in [-0.05, 0) is 61.0 Å². The number of amides is 1. The van der Waals surface area contributed by atoms with Crippen molar-refractivity contribution in [2.24, 2.45) is 4.99 Å². The number of aliphatic imine (C=N–C) groups is 1. The molecule has 14 heteroatoms. The minimum atomic E-state index is -1.61. The van der Waals surface area contributed by atoms with Gasteiger partial charge in [0.05, 0.1) is 35.2 Å². The third kappa shape index (κ3) is 5.62. The molecule has 3 heterocycles. The van der Waals surface area contributed by atoms with Crippen LogP contribution in [0.1, 0.15) is 22.9 Å². The third-order valence-corrected chi connectivity index (χ3v) is 7.80. The van der Waals surface area contributed by atoms with Crippen LogP contribution in [-0.4, -0.2) is 79.1 Å². The maximum absolute atomic E-state index is 14.9. The summed E-state index contributed by atoms with van der Waals surface area (Å²) >= 11 is 0. The second-order valence-electron chi connectivity index (χ2n) is 10.8. The van der Waals surface area contributed by atoms with Crippen LogP contribution in [0.4, 0.5) is 20.3 Å². The summed E-state index contributed by atoms with van der Waals surface area (Å²) in [6, 6.07) is 16.8. The summed E-state index contributed by atoms with van der Waals surface area (Å²) in [6.07, 6.45) is -7.28. The van der Waals surface area contributed by atoms with Gasteiger partial charge >= 0.3 is 0 Å². The number of hydrogen-bond acceptors (Lipinski definition) is 10. The number of nitriles is 1. The number of carbonyl (C=O) groups is 1. The smallest absolute Gasteiger partial charge is 0.273 e. The van der Waals surface area contributed by atoms with Gasteiger partial charge in [-0.25, -0.2) is 18.5 Å². The molecule has 0 bridgehead atoms. The van der Waals surface area contributed by atoms with Crippen LogP contribution in [0.2, 0.25) is 0 Å². The Morgan fingerprint density at radius 1 is 1.04 bits per heavy atom. The average Bonchev–Trinajstić information content (AvgIpc) is 3.37. The minimum Gasteiger partial charge on any atom is -0.462 e. The molecule has 4 aromatic rings. The van der Waals surface area contributed by atoms with E-state index in [2.05, 4.69) is 15.4 Å². The summed E-state index contributed by atoms with van der Waals surface area (Å²) in [5.74, 6) is -1.80. The number of anilines is 1. The number of halogens is 2. The number of carbonyl (C=O) groups excluding carboxylic acids is 1. The second-order valence-corrected chi connectivity index (χ2v) is 10.8. The third-order valence-electron chi connectivity index (χ3n) is 7.80. The van der Waals surface area contributed by atoms with Crippen LogP contribution in [0.5, 0.6) is 5.75 Å². The number of ether oxygens (including phenoxy) is 2. The van der Waals surface area contributed by atoms with Crippen molar-refractivity contribution in [1.82, 2.24) is 9.78 Å². The molecule has 0 spiro atoms. The lowest BCUT2D eigenvalue weighted by molar-refractivity contribution is -0.277. The number of benzene rings is 3. The van der Waals surface area contributed by atoms with E-state index in [4.69, 9.17) is 9.47 Å². The zero-order valence-corrected chi connectivity index (χ0v) is 24.1. The molecule has 236 valence electrons. The van der Waals surface area contributed by atoms with Gasteiger partial charge in [-0.1, -0.05) is 12.1 Å². The number of fused-ring (bicyclic) bond motifs is 1. The summed E-state index contributed by atoms with van der Waals surface area (Å²) in [4.78, 5) is 18.3. The van der Waals surface area contributed by atoms with Crippen molar-refractivity contribution in [2.45, 2.75) is 43.7 Å². The lowest BCUT2D eigenvalue weighted by Gasteiger charge is -2.39. The first-order valence-corrected chi connectivity index (χ1v) is 14.1. The van der Waals surface area contributed by atoms with Crippen LogP contribution in [0, 0.1) is 29.9 Å². The van der Waals surface area contributed by atoms with Gasteiger partial charge in [0.15, 0.2) is 0 Å². The number of aliphatic hydroxyl groups is 4. The minimum absolute atomic E-state index is 0.0217. The highest BCUT2D eigenvalue weighted by molar-refractivity contribution is 6.46. The van der Waals surface area contributed by atoms with E-state index < -0.39 is 60.9 Å². The van der Waals surface area contributed by atoms with Gasteiger partial charge in [-0.15, -0.1) is 0 Å². The van der Waals surface area contributed by atoms with Gasteiger partial charge in [-0.2, -0.15) is 10.4 Å². The van der Waals surface area contributed by atoms with Gasteiger partial charge in [0.1, 0.15) is 59.4 Å². The van der Waals surface area contributed by atoms with Gasteiger partial charge in [0, 0.05) is 11.6 Å². The fourth-order valence-corrected chi connectivity index (χ4v) is 5.47. The highest BCUT2D eigenvalue weighted by Crippen LogP contribution is 2.40. The quantitative estimate of drug-likeness (QED) is 0.214. The summed E-state index contributed by atoms with van der Waals surface area (Å²) < 4.78 is 41.1. The Morgan fingerprint density at radius 3 is 2.41 bits per heavy atom. The van der Waals surface area contributed by atoms with Crippen LogP contribution in [0.15, 0.2) is 71.7 Å². The molecule has 1 fully saturated rings. The van der Waals surface area contributed by atoms with Gasteiger partial charge in [0.25, 0.3) is 5.91 Å². The molecule has 0 saturated carbocycles. The van der Waals surface area contributed by atoms with Crippen molar-refractivity contribution in [3.8, 4) is 22.9 Å². The van der Waals surface area contributed by atoms with Crippen molar-refractivity contribution in [1.29, 1.82) is 5.26 Å². The molecule has 6 rings (SSSR count). The molecule has 6 unspecified atom stereocenters. The maximum atomic E-state index is 14.9. The Hall–Kier alpha value is -5.04. The van der Waals surface area contributed by atoms with Crippen molar-refractivity contribution < 1.29 is 43.5 Å². The van der Waals surface area contributed by atoms with E-state index in [9.17, 15) is 39.3 Å². The number of aliphatic hydroxyl groups excluding tert-OH is 4. The molecule has 5 N–H and O–H groups in total. The lowest BCUT2D eigenvalue weighted by atomic mass is 9.97. The Balaban J connectivity index is 1.36. The molecule has 2 aliphatic rings. The number of aryl methyl sites for hydroxylation is 1. The molecule has 3 aromatic carbocycles. The molecule has 12 nitrogen and oxygen atoms in total. The number of hydrogen-bond donors (Lipinski definition) is 5. The average molecular weight is 632 g/mol. The van der Waals surface area contributed by atoms with Crippen molar-refractivity contribution in [2.75, 3.05) is 11.9 Å². The summed E-state index contributed by atoms with van der Waals surface area (Å²) in [5.41, 5.74) is 1.99. The Labute approximate surface area is 260 Å². The largest absolute Gasteiger partial charge is 0.462 e. The first-order valence-electron chi connectivity index (χ1n) is 14.1. The SMILES string of the molecule is Cc1nn2c(c1-c1ccc(F)cc1F)NC(=O)C(=Nc1ccc(OC3OC(CO)C(O)C(O)C3O)cc1)C2c1ccc(C#N)cc1. The van der Waals surface area contributed by atoms with Crippen molar-refractivity contribution in [3.05, 3.63) is 95.2 Å². The van der Waals surface area contributed by atoms with Crippen LogP contribution >= 0.6 is 0 Å². The van der Waals surface area contributed by atoms with Crippen molar-refractivity contribution >= 4 is 23.1 Å². The summed E-state index contributed by atoms with van der Waals surface area (Å²) in [6.45, 7) is 1.03.